The van der Waals surface area contributed by atoms with Crippen LogP contribution in [0.4, 0.5) is 11.4 Å². The van der Waals surface area contributed by atoms with Crippen molar-refractivity contribution in [2.24, 2.45) is 0 Å². The minimum Gasteiger partial charge on any atom is -0.483 e. The SMILES string of the molecule is Cc1cc([N+](=O)[O-])ccc1OCC(=O)Nc1cccc2ccccc12. The van der Waals surface area contributed by atoms with Crippen molar-refractivity contribution in [3.63, 3.8) is 0 Å². The van der Waals surface area contributed by atoms with Crippen LogP contribution >= 0.6 is 0 Å². The second kappa shape index (κ2) is 7.00. The zero-order valence-corrected chi connectivity index (χ0v) is 13.6. The second-order valence-electron chi connectivity index (χ2n) is 5.57. The molecule has 0 fully saturated rings. The van der Waals surface area contributed by atoms with Crippen molar-refractivity contribution in [2.75, 3.05) is 11.9 Å². The van der Waals surface area contributed by atoms with Crippen LogP contribution in [0.3, 0.4) is 0 Å². The van der Waals surface area contributed by atoms with Crippen molar-refractivity contribution in [2.45, 2.75) is 6.92 Å². The summed E-state index contributed by atoms with van der Waals surface area (Å²) in [6, 6.07) is 17.7. The molecule has 1 amide bonds. The Morgan fingerprint density at radius 3 is 2.64 bits per heavy atom. The van der Waals surface area contributed by atoms with Gasteiger partial charge in [-0.15, -0.1) is 0 Å². The zero-order chi connectivity index (χ0) is 17.8. The summed E-state index contributed by atoms with van der Waals surface area (Å²) < 4.78 is 5.48. The number of nitrogens with zero attached hydrogens (tertiary/aromatic N) is 1. The first kappa shape index (κ1) is 16.4. The van der Waals surface area contributed by atoms with Gasteiger partial charge in [0.25, 0.3) is 11.6 Å². The molecule has 6 heteroatoms. The molecular formula is C19H16N2O4. The fraction of sp³-hybridized carbons (Fsp3) is 0.105. The molecule has 0 saturated heterocycles. The summed E-state index contributed by atoms with van der Waals surface area (Å²) in [4.78, 5) is 22.4. The minimum absolute atomic E-state index is 0.00921. The predicted molar refractivity (Wildman–Crippen MR) is 95.9 cm³/mol. The van der Waals surface area contributed by atoms with Crippen molar-refractivity contribution in [1.82, 2.24) is 0 Å². The first-order valence-corrected chi connectivity index (χ1v) is 7.70. The van der Waals surface area contributed by atoms with E-state index in [-0.39, 0.29) is 18.2 Å². The highest BCUT2D eigenvalue weighted by Gasteiger charge is 2.11. The van der Waals surface area contributed by atoms with Crippen molar-refractivity contribution >= 4 is 28.1 Å². The van der Waals surface area contributed by atoms with Gasteiger partial charge in [0, 0.05) is 23.2 Å². The largest absolute Gasteiger partial charge is 0.483 e. The quantitative estimate of drug-likeness (QED) is 0.562. The number of non-ortho nitro benzene ring substituents is 1. The van der Waals surface area contributed by atoms with Crippen LogP contribution in [-0.4, -0.2) is 17.4 Å². The molecule has 3 rings (SSSR count). The lowest BCUT2D eigenvalue weighted by molar-refractivity contribution is -0.384. The molecule has 0 atom stereocenters. The Bertz CT molecular complexity index is 948. The summed E-state index contributed by atoms with van der Waals surface area (Å²) in [5.74, 6) is 0.146. The van der Waals surface area contributed by atoms with Crippen molar-refractivity contribution in [3.8, 4) is 5.75 Å². The number of hydrogen-bond donors (Lipinski definition) is 1. The molecule has 0 radical (unpaired) electrons. The highest BCUT2D eigenvalue weighted by Crippen LogP contribution is 2.24. The number of nitro benzene ring substituents is 1. The number of hydrogen-bond acceptors (Lipinski definition) is 4. The first-order chi connectivity index (χ1) is 12.0. The molecule has 0 unspecified atom stereocenters. The smallest absolute Gasteiger partial charge is 0.269 e. The molecule has 6 nitrogen and oxygen atoms in total. The Hall–Kier alpha value is -3.41. The van der Waals surface area contributed by atoms with Gasteiger partial charge in [0.05, 0.1) is 4.92 Å². The highest BCUT2D eigenvalue weighted by molar-refractivity contribution is 6.02. The molecule has 0 aromatic heterocycles. The van der Waals surface area contributed by atoms with Crippen LogP contribution in [0.15, 0.2) is 60.7 Å². The maximum atomic E-state index is 12.2. The zero-order valence-electron chi connectivity index (χ0n) is 13.6. The fourth-order valence-corrected chi connectivity index (χ4v) is 2.57. The number of nitrogens with one attached hydrogen (secondary N) is 1. The summed E-state index contributed by atoms with van der Waals surface area (Å²) >= 11 is 0. The Morgan fingerprint density at radius 1 is 1.12 bits per heavy atom. The van der Waals surface area contributed by atoms with E-state index in [0.29, 0.717) is 17.0 Å². The minimum atomic E-state index is -0.468. The molecule has 0 spiro atoms. The Kier molecular flexibility index (Phi) is 4.61. The monoisotopic (exact) mass is 336 g/mol. The van der Waals surface area contributed by atoms with Gasteiger partial charge in [-0.3, -0.25) is 14.9 Å². The lowest BCUT2D eigenvalue weighted by Crippen LogP contribution is -2.20. The molecule has 25 heavy (non-hydrogen) atoms. The van der Waals surface area contributed by atoms with Crippen LogP contribution < -0.4 is 10.1 Å². The van der Waals surface area contributed by atoms with Gasteiger partial charge < -0.3 is 10.1 Å². The van der Waals surface area contributed by atoms with E-state index in [4.69, 9.17) is 4.74 Å². The first-order valence-electron chi connectivity index (χ1n) is 7.70. The van der Waals surface area contributed by atoms with E-state index >= 15 is 0 Å². The average Bonchev–Trinajstić information content (AvgIpc) is 2.61. The normalized spacial score (nSPS) is 10.4. The number of aryl methyl sites for hydroxylation is 1. The van der Waals surface area contributed by atoms with Crippen LogP contribution in [0.5, 0.6) is 5.75 Å². The Morgan fingerprint density at radius 2 is 1.88 bits per heavy atom. The van der Waals surface area contributed by atoms with Gasteiger partial charge in [-0.2, -0.15) is 0 Å². The number of carbonyl (C=O) groups is 1. The van der Waals surface area contributed by atoms with Gasteiger partial charge in [-0.05, 0) is 30.0 Å². The van der Waals surface area contributed by atoms with Crippen molar-refractivity contribution in [3.05, 3.63) is 76.3 Å². The molecule has 0 bridgehead atoms. The molecule has 3 aromatic carbocycles. The van der Waals surface area contributed by atoms with Crippen LogP contribution in [0.2, 0.25) is 0 Å². The van der Waals surface area contributed by atoms with Crippen molar-refractivity contribution in [1.29, 1.82) is 0 Å². The Labute approximate surface area is 144 Å². The number of nitro groups is 1. The molecule has 0 saturated carbocycles. The molecule has 0 aliphatic carbocycles. The third kappa shape index (κ3) is 3.74. The van der Waals surface area contributed by atoms with Crippen LogP contribution in [0.25, 0.3) is 10.8 Å². The number of amides is 1. The van der Waals surface area contributed by atoms with Crippen LogP contribution in [0.1, 0.15) is 5.56 Å². The van der Waals surface area contributed by atoms with E-state index in [1.807, 2.05) is 42.5 Å². The van der Waals surface area contributed by atoms with Crippen LogP contribution in [0, 0.1) is 17.0 Å². The number of fused-ring (bicyclic) bond motifs is 1. The molecule has 3 aromatic rings. The second-order valence-corrected chi connectivity index (χ2v) is 5.57. The molecule has 126 valence electrons. The summed E-state index contributed by atoms with van der Waals surface area (Å²) in [7, 11) is 0. The lowest BCUT2D eigenvalue weighted by atomic mass is 10.1. The maximum absolute atomic E-state index is 12.2. The van der Waals surface area contributed by atoms with E-state index in [2.05, 4.69) is 5.32 Å². The lowest BCUT2D eigenvalue weighted by Gasteiger charge is -2.11. The third-order valence-electron chi connectivity index (χ3n) is 3.79. The van der Waals surface area contributed by atoms with E-state index in [0.717, 1.165) is 10.8 Å². The number of anilines is 1. The van der Waals surface area contributed by atoms with Gasteiger partial charge in [-0.25, -0.2) is 0 Å². The van der Waals surface area contributed by atoms with E-state index in [1.54, 1.807) is 6.92 Å². The third-order valence-corrected chi connectivity index (χ3v) is 3.79. The molecule has 0 aliphatic heterocycles. The molecule has 1 N–H and O–H groups in total. The average molecular weight is 336 g/mol. The van der Waals surface area contributed by atoms with Crippen LogP contribution in [-0.2, 0) is 4.79 Å². The number of benzene rings is 3. The van der Waals surface area contributed by atoms with Gasteiger partial charge in [0.1, 0.15) is 5.75 Å². The van der Waals surface area contributed by atoms with Gasteiger partial charge in [0.2, 0.25) is 0 Å². The Balaban J connectivity index is 1.68. The predicted octanol–water partition coefficient (Wildman–Crippen LogP) is 4.07. The molecule has 0 heterocycles. The number of carbonyl (C=O) groups excluding carboxylic acids is 1. The molecule has 0 aliphatic rings. The summed E-state index contributed by atoms with van der Waals surface area (Å²) in [6.45, 7) is 1.52. The van der Waals surface area contributed by atoms with Crippen molar-refractivity contribution < 1.29 is 14.5 Å². The topological polar surface area (TPSA) is 81.5 Å². The highest BCUT2D eigenvalue weighted by atomic mass is 16.6. The fourth-order valence-electron chi connectivity index (χ4n) is 2.57. The van der Waals surface area contributed by atoms with E-state index in [1.165, 1.54) is 18.2 Å². The van der Waals surface area contributed by atoms with E-state index in [9.17, 15) is 14.9 Å². The van der Waals surface area contributed by atoms with E-state index < -0.39 is 4.92 Å². The van der Waals surface area contributed by atoms with Gasteiger partial charge >= 0.3 is 0 Å². The molecular weight excluding hydrogens is 320 g/mol. The summed E-state index contributed by atoms with van der Waals surface area (Å²) in [5.41, 5.74) is 1.31. The van der Waals surface area contributed by atoms with Gasteiger partial charge in [0.15, 0.2) is 6.61 Å². The number of ether oxygens (including phenoxy) is 1. The van der Waals surface area contributed by atoms with Gasteiger partial charge in [-0.1, -0.05) is 36.4 Å². The standard InChI is InChI=1S/C19H16N2O4/c1-13-11-15(21(23)24)9-10-18(13)25-12-19(22)20-17-8-4-6-14-5-2-3-7-16(14)17/h2-11H,12H2,1H3,(H,20,22). The maximum Gasteiger partial charge on any atom is 0.269 e. The summed E-state index contributed by atoms with van der Waals surface area (Å²) in [5, 5.41) is 15.6. The summed E-state index contributed by atoms with van der Waals surface area (Å²) in [6.07, 6.45) is 0. The number of rotatable bonds is 5.